The molecule has 0 aromatic heterocycles. The SMILES string of the molecule is COc1ccc(C(=O)OCC(=O)NC(=O)N[C@H]2CCCC[C@H]2C)cc1OC. The predicted octanol–water partition coefficient (Wildman–Crippen LogP) is 2.27. The highest BCUT2D eigenvalue weighted by atomic mass is 16.5. The maximum atomic E-state index is 12.1. The van der Waals surface area contributed by atoms with Gasteiger partial charge in [0.15, 0.2) is 18.1 Å². The van der Waals surface area contributed by atoms with Gasteiger partial charge in [-0.15, -0.1) is 0 Å². The van der Waals surface area contributed by atoms with Gasteiger partial charge in [0.05, 0.1) is 19.8 Å². The van der Waals surface area contributed by atoms with Crippen LogP contribution in [-0.4, -0.2) is 44.8 Å². The summed E-state index contributed by atoms with van der Waals surface area (Å²) in [6.45, 7) is 1.53. The Labute approximate surface area is 158 Å². The number of ether oxygens (including phenoxy) is 3. The molecule has 0 radical (unpaired) electrons. The molecule has 0 bridgehead atoms. The van der Waals surface area contributed by atoms with Crippen LogP contribution in [0.5, 0.6) is 11.5 Å². The number of carbonyl (C=O) groups is 3. The van der Waals surface area contributed by atoms with E-state index in [4.69, 9.17) is 14.2 Å². The smallest absolute Gasteiger partial charge is 0.338 e. The van der Waals surface area contributed by atoms with Crippen molar-refractivity contribution in [2.75, 3.05) is 20.8 Å². The average molecular weight is 378 g/mol. The van der Waals surface area contributed by atoms with Crippen LogP contribution in [0.4, 0.5) is 4.79 Å². The minimum absolute atomic E-state index is 0.0564. The molecular formula is C19H26N2O6. The van der Waals surface area contributed by atoms with E-state index in [0.717, 1.165) is 25.7 Å². The van der Waals surface area contributed by atoms with Gasteiger partial charge in [-0.25, -0.2) is 9.59 Å². The molecule has 2 N–H and O–H groups in total. The summed E-state index contributed by atoms with van der Waals surface area (Å²) in [5, 5.41) is 4.99. The molecule has 1 saturated carbocycles. The number of hydrogen-bond donors (Lipinski definition) is 2. The molecule has 0 aliphatic heterocycles. The minimum atomic E-state index is -0.701. The standard InChI is InChI=1S/C19H26N2O6/c1-12-6-4-5-7-14(12)20-19(24)21-17(22)11-27-18(23)13-8-9-15(25-2)16(10-13)26-3/h8-10,12,14H,4-7,11H2,1-3H3,(H2,20,21,22,24)/t12-,14+/m1/s1. The van der Waals surface area contributed by atoms with E-state index in [1.54, 1.807) is 6.07 Å². The van der Waals surface area contributed by atoms with E-state index >= 15 is 0 Å². The zero-order valence-electron chi connectivity index (χ0n) is 15.9. The number of amides is 3. The number of nitrogens with one attached hydrogen (secondary N) is 2. The Morgan fingerprint density at radius 1 is 1.07 bits per heavy atom. The molecule has 1 aliphatic rings. The number of urea groups is 1. The van der Waals surface area contributed by atoms with Crippen LogP contribution in [0.15, 0.2) is 18.2 Å². The molecule has 1 aromatic carbocycles. The first-order chi connectivity index (χ1) is 12.9. The fraction of sp³-hybridized carbons (Fsp3) is 0.526. The van der Waals surface area contributed by atoms with Crippen LogP contribution in [0.3, 0.4) is 0 Å². The van der Waals surface area contributed by atoms with E-state index < -0.39 is 24.5 Å². The third-order valence-corrected chi connectivity index (χ3v) is 4.63. The molecule has 8 heteroatoms. The Bertz CT molecular complexity index is 691. The monoisotopic (exact) mass is 378 g/mol. The Morgan fingerprint density at radius 2 is 1.78 bits per heavy atom. The fourth-order valence-electron chi connectivity index (χ4n) is 3.08. The lowest BCUT2D eigenvalue weighted by atomic mass is 9.86. The molecule has 1 aromatic rings. The highest BCUT2D eigenvalue weighted by Crippen LogP contribution is 2.27. The van der Waals surface area contributed by atoms with Crippen LogP contribution in [0.2, 0.25) is 0 Å². The van der Waals surface area contributed by atoms with E-state index in [0.29, 0.717) is 17.4 Å². The van der Waals surface area contributed by atoms with E-state index in [1.165, 1.54) is 26.4 Å². The zero-order valence-corrected chi connectivity index (χ0v) is 15.9. The number of rotatable bonds is 6. The van der Waals surface area contributed by atoms with E-state index in [-0.39, 0.29) is 11.6 Å². The third kappa shape index (κ3) is 5.87. The van der Waals surface area contributed by atoms with Gasteiger partial charge >= 0.3 is 12.0 Å². The molecule has 1 aliphatic carbocycles. The van der Waals surface area contributed by atoms with Crippen LogP contribution < -0.4 is 20.1 Å². The van der Waals surface area contributed by atoms with Crippen molar-refractivity contribution in [3.63, 3.8) is 0 Å². The highest BCUT2D eigenvalue weighted by molar-refractivity contribution is 5.97. The number of imide groups is 1. The third-order valence-electron chi connectivity index (χ3n) is 4.63. The number of methoxy groups -OCH3 is 2. The lowest BCUT2D eigenvalue weighted by Gasteiger charge is -2.29. The molecular weight excluding hydrogens is 352 g/mol. The summed E-state index contributed by atoms with van der Waals surface area (Å²) >= 11 is 0. The molecule has 0 spiro atoms. The Balaban J connectivity index is 1.80. The van der Waals surface area contributed by atoms with Crippen molar-refractivity contribution in [3.05, 3.63) is 23.8 Å². The summed E-state index contributed by atoms with van der Waals surface area (Å²) < 4.78 is 15.2. The largest absolute Gasteiger partial charge is 0.493 e. The van der Waals surface area contributed by atoms with Gasteiger partial charge in [0.2, 0.25) is 0 Å². The maximum Gasteiger partial charge on any atom is 0.338 e. The van der Waals surface area contributed by atoms with Crippen molar-refractivity contribution >= 4 is 17.9 Å². The number of carbonyl (C=O) groups excluding carboxylic acids is 3. The van der Waals surface area contributed by atoms with Gasteiger partial charge in [-0.2, -0.15) is 0 Å². The molecule has 0 saturated heterocycles. The number of benzene rings is 1. The van der Waals surface area contributed by atoms with Crippen molar-refractivity contribution < 1.29 is 28.6 Å². The molecule has 8 nitrogen and oxygen atoms in total. The summed E-state index contributed by atoms with van der Waals surface area (Å²) in [4.78, 5) is 35.8. The normalized spacial score (nSPS) is 18.9. The molecule has 0 unspecified atom stereocenters. The maximum absolute atomic E-state index is 12.1. The van der Waals surface area contributed by atoms with E-state index in [2.05, 4.69) is 17.6 Å². The number of hydrogen-bond acceptors (Lipinski definition) is 6. The summed E-state index contributed by atoms with van der Waals surface area (Å²) in [6.07, 6.45) is 4.18. The van der Waals surface area contributed by atoms with Crippen molar-refractivity contribution in [2.45, 2.75) is 38.6 Å². The second-order valence-electron chi connectivity index (χ2n) is 6.54. The van der Waals surface area contributed by atoms with Crippen LogP contribution in [0.1, 0.15) is 43.0 Å². The Hall–Kier alpha value is -2.77. The first-order valence-electron chi connectivity index (χ1n) is 8.94. The molecule has 2 atom stereocenters. The minimum Gasteiger partial charge on any atom is -0.493 e. The lowest BCUT2D eigenvalue weighted by molar-refractivity contribution is -0.123. The van der Waals surface area contributed by atoms with Gasteiger partial charge in [0.1, 0.15) is 0 Å². The summed E-state index contributed by atoms with van der Waals surface area (Å²) in [5.41, 5.74) is 0.209. The zero-order chi connectivity index (χ0) is 19.8. The number of esters is 1. The first kappa shape index (κ1) is 20.5. The second-order valence-corrected chi connectivity index (χ2v) is 6.54. The molecule has 148 valence electrons. The lowest BCUT2D eigenvalue weighted by Crippen LogP contribution is -2.48. The van der Waals surface area contributed by atoms with Crippen molar-refractivity contribution in [2.24, 2.45) is 5.92 Å². The quantitative estimate of drug-likeness (QED) is 0.736. The van der Waals surface area contributed by atoms with Crippen LogP contribution in [-0.2, 0) is 9.53 Å². The van der Waals surface area contributed by atoms with Gasteiger partial charge in [-0.1, -0.05) is 19.8 Å². The van der Waals surface area contributed by atoms with Crippen LogP contribution >= 0.6 is 0 Å². The van der Waals surface area contributed by atoms with Gasteiger partial charge in [0.25, 0.3) is 5.91 Å². The van der Waals surface area contributed by atoms with Crippen LogP contribution in [0, 0.1) is 5.92 Å². The summed E-state index contributed by atoms with van der Waals surface area (Å²) in [6, 6.07) is 4.00. The summed E-state index contributed by atoms with van der Waals surface area (Å²) in [5.74, 6) is -0.169. The van der Waals surface area contributed by atoms with Crippen molar-refractivity contribution in [3.8, 4) is 11.5 Å². The summed E-state index contributed by atoms with van der Waals surface area (Å²) in [7, 11) is 2.94. The Morgan fingerprint density at radius 3 is 2.44 bits per heavy atom. The van der Waals surface area contributed by atoms with Crippen LogP contribution in [0.25, 0.3) is 0 Å². The van der Waals surface area contributed by atoms with E-state index in [9.17, 15) is 14.4 Å². The topological polar surface area (TPSA) is 103 Å². The van der Waals surface area contributed by atoms with Gasteiger partial charge < -0.3 is 19.5 Å². The first-order valence-corrected chi connectivity index (χ1v) is 8.94. The van der Waals surface area contributed by atoms with Gasteiger partial charge in [-0.05, 0) is 37.0 Å². The molecule has 27 heavy (non-hydrogen) atoms. The highest BCUT2D eigenvalue weighted by Gasteiger charge is 2.23. The fourth-order valence-corrected chi connectivity index (χ4v) is 3.08. The predicted molar refractivity (Wildman–Crippen MR) is 97.9 cm³/mol. The van der Waals surface area contributed by atoms with Crippen molar-refractivity contribution in [1.29, 1.82) is 0 Å². The molecule has 3 amide bonds. The van der Waals surface area contributed by atoms with Crippen molar-refractivity contribution in [1.82, 2.24) is 10.6 Å². The Kier molecular flexibility index (Phi) is 7.45. The van der Waals surface area contributed by atoms with Gasteiger partial charge in [0, 0.05) is 6.04 Å². The second kappa shape index (κ2) is 9.80. The average Bonchev–Trinajstić information content (AvgIpc) is 2.67. The molecule has 0 heterocycles. The molecule has 2 rings (SSSR count). The van der Waals surface area contributed by atoms with E-state index in [1.807, 2.05) is 0 Å². The molecule has 1 fully saturated rings. The van der Waals surface area contributed by atoms with Gasteiger partial charge in [-0.3, -0.25) is 10.1 Å².